The lowest BCUT2D eigenvalue weighted by molar-refractivity contribution is 0.565. The number of benzene rings is 1. The minimum atomic E-state index is -0.593. The van der Waals surface area contributed by atoms with Crippen molar-refractivity contribution in [2.45, 2.75) is 10.6 Å². The number of fused-ring (bicyclic) bond motifs is 1. The van der Waals surface area contributed by atoms with Gasteiger partial charge in [0, 0.05) is 29.1 Å². The molecule has 2 heterocycles. The van der Waals surface area contributed by atoms with Gasteiger partial charge in [-0.25, -0.2) is 8.78 Å². The molecule has 0 saturated heterocycles. The van der Waals surface area contributed by atoms with Crippen molar-refractivity contribution in [1.82, 2.24) is 4.40 Å². The Hall–Kier alpha value is -2.32. The highest BCUT2D eigenvalue weighted by Gasteiger charge is 2.11. The van der Waals surface area contributed by atoms with E-state index < -0.39 is 11.6 Å². The van der Waals surface area contributed by atoms with Gasteiger partial charge in [-0.15, -0.1) is 11.8 Å². The maximum absolute atomic E-state index is 13.6. The van der Waals surface area contributed by atoms with Crippen LogP contribution in [0.1, 0.15) is 11.1 Å². The van der Waals surface area contributed by atoms with Gasteiger partial charge in [0.2, 0.25) is 0 Å². The molecule has 0 N–H and O–H groups in total. The smallest absolute Gasteiger partial charge is 0.139 e. The van der Waals surface area contributed by atoms with Crippen LogP contribution >= 0.6 is 11.8 Å². The Bertz CT molecular complexity index is 849. The van der Waals surface area contributed by atoms with E-state index in [-0.39, 0.29) is 0 Å². The number of halogens is 2. The van der Waals surface area contributed by atoms with E-state index in [0.29, 0.717) is 16.2 Å². The fourth-order valence-corrected chi connectivity index (χ4v) is 3.05. The highest BCUT2D eigenvalue weighted by molar-refractivity contribution is 7.98. The summed E-state index contributed by atoms with van der Waals surface area (Å²) >= 11 is 1.25. The molecule has 0 aliphatic heterocycles. The Morgan fingerprint density at radius 1 is 1.19 bits per heavy atom. The van der Waals surface area contributed by atoms with Crippen molar-refractivity contribution in [2.24, 2.45) is 0 Å². The third-order valence-corrected chi connectivity index (χ3v) is 4.25. The normalized spacial score (nSPS) is 10.7. The van der Waals surface area contributed by atoms with Crippen molar-refractivity contribution in [1.29, 1.82) is 5.26 Å². The second-order valence-electron chi connectivity index (χ2n) is 4.50. The van der Waals surface area contributed by atoms with Crippen LogP contribution in [0.25, 0.3) is 5.52 Å². The lowest BCUT2D eigenvalue weighted by atomic mass is 10.2. The Balaban J connectivity index is 1.90. The van der Waals surface area contributed by atoms with Gasteiger partial charge in [-0.2, -0.15) is 5.26 Å². The molecule has 0 unspecified atom stereocenters. The second-order valence-corrected chi connectivity index (χ2v) is 5.51. The molecule has 0 saturated carbocycles. The van der Waals surface area contributed by atoms with E-state index >= 15 is 0 Å². The zero-order chi connectivity index (χ0) is 14.8. The summed E-state index contributed by atoms with van der Waals surface area (Å²) < 4.78 is 28.4. The van der Waals surface area contributed by atoms with Gasteiger partial charge in [0.25, 0.3) is 0 Å². The molecule has 0 atom stereocenters. The standard InChI is InChI=1S/C16H10F2N2S/c17-12-4-5-16(14(18)7-12)21-10-11-9-20-6-2-1-3-15(20)13(11)8-19/h1-7,9H,10H2. The lowest BCUT2D eigenvalue weighted by Crippen LogP contribution is -1.86. The second kappa shape index (κ2) is 5.58. The summed E-state index contributed by atoms with van der Waals surface area (Å²) in [6.45, 7) is 0. The fourth-order valence-electron chi connectivity index (χ4n) is 2.16. The topological polar surface area (TPSA) is 28.2 Å². The first-order chi connectivity index (χ1) is 10.2. The zero-order valence-corrected chi connectivity index (χ0v) is 11.7. The molecule has 3 rings (SSSR count). The third-order valence-electron chi connectivity index (χ3n) is 3.15. The molecular formula is C16H10F2N2S. The van der Waals surface area contributed by atoms with Crippen LogP contribution in [0.5, 0.6) is 0 Å². The first-order valence-electron chi connectivity index (χ1n) is 6.25. The van der Waals surface area contributed by atoms with Crippen LogP contribution in [0.4, 0.5) is 8.78 Å². The maximum atomic E-state index is 13.6. The van der Waals surface area contributed by atoms with Crippen LogP contribution in [0.3, 0.4) is 0 Å². The highest BCUT2D eigenvalue weighted by atomic mass is 32.2. The van der Waals surface area contributed by atoms with E-state index in [9.17, 15) is 14.0 Å². The van der Waals surface area contributed by atoms with Crippen molar-refractivity contribution in [3.63, 3.8) is 0 Å². The van der Waals surface area contributed by atoms with Crippen LogP contribution in [0, 0.1) is 23.0 Å². The molecule has 3 aromatic rings. The maximum Gasteiger partial charge on any atom is 0.139 e. The molecule has 5 heteroatoms. The van der Waals surface area contributed by atoms with Gasteiger partial charge in [-0.3, -0.25) is 0 Å². The summed E-state index contributed by atoms with van der Waals surface area (Å²) in [7, 11) is 0. The van der Waals surface area contributed by atoms with Gasteiger partial charge in [0.15, 0.2) is 0 Å². The molecule has 0 amide bonds. The average molecular weight is 300 g/mol. The molecular weight excluding hydrogens is 290 g/mol. The Labute approximate surface area is 124 Å². The largest absolute Gasteiger partial charge is 0.322 e. The summed E-state index contributed by atoms with van der Waals surface area (Å²) in [4.78, 5) is 0.371. The van der Waals surface area contributed by atoms with Gasteiger partial charge in [-0.1, -0.05) is 6.07 Å². The quantitative estimate of drug-likeness (QED) is 0.671. The first-order valence-corrected chi connectivity index (χ1v) is 7.24. The molecule has 0 fully saturated rings. The predicted octanol–water partition coefficient (Wildman–Crippen LogP) is 4.38. The molecule has 0 radical (unpaired) electrons. The third kappa shape index (κ3) is 2.63. The molecule has 104 valence electrons. The molecule has 0 aliphatic rings. The Morgan fingerprint density at radius 2 is 2.05 bits per heavy atom. The van der Waals surface area contributed by atoms with E-state index in [0.717, 1.165) is 17.1 Å². The van der Waals surface area contributed by atoms with Crippen molar-refractivity contribution < 1.29 is 8.78 Å². The molecule has 0 aliphatic carbocycles. The lowest BCUT2D eigenvalue weighted by Gasteiger charge is -2.02. The fraction of sp³-hybridized carbons (Fsp3) is 0.0625. The minimum absolute atomic E-state index is 0.371. The van der Waals surface area contributed by atoms with Crippen LogP contribution in [-0.4, -0.2) is 4.40 Å². The monoisotopic (exact) mass is 300 g/mol. The van der Waals surface area contributed by atoms with E-state index in [2.05, 4.69) is 6.07 Å². The van der Waals surface area contributed by atoms with Gasteiger partial charge >= 0.3 is 0 Å². The number of pyridine rings is 1. The molecule has 1 aromatic carbocycles. The summed E-state index contributed by atoms with van der Waals surface area (Å²) in [5, 5.41) is 9.30. The molecule has 0 spiro atoms. The number of aromatic nitrogens is 1. The van der Waals surface area contributed by atoms with Crippen LogP contribution < -0.4 is 0 Å². The summed E-state index contributed by atoms with van der Waals surface area (Å²) in [5.74, 6) is -0.723. The SMILES string of the molecule is N#Cc1c(CSc2ccc(F)cc2F)cn2ccccc12. The number of nitrogens with zero attached hydrogens (tertiary/aromatic N) is 2. The van der Waals surface area contributed by atoms with Gasteiger partial charge in [0.05, 0.1) is 11.1 Å². The molecule has 0 bridgehead atoms. The van der Waals surface area contributed by atoms with Crippen LogP contribution in [-0.2, 0) is 5.75 Å². The minimum Gasteiger partial charge on any atom is -0.322 e. The Kier molecular flexibility index (Phi) is 3.63. The Morgan fingerprint density at radius 3 is 2.81 bits per heavy atom. The number of nitriles is 1. The van der Waals surface area contributed by atoms with Crippen LogP contribution in [0.2, 0.25) is 0 Å². The van der Waals surface area contributed by atoms with E-state index in [1.165, 1.54) is 23.9 Å². The van der Waals surface area contributed by atoms with E-state index in [1.54, 1.807) is 0 Å². The van der Waals surface area contributed by atoms with Gasteiger partial charge in [0.1, 0.15) is 17.7 Å². The van der Waals surface area contributed by atoms with Crippen molar-refractivity contribution in [2.75, 3.05) is 0 Å². The average Bonchev–Trinajstić information content (AvgIpc) is 2.83. The highest BCUT2D eigenvalue weighted by Crippen LogP contribution is 2.29. The van der Waals surface area contributed by atoms with Crippen molar-refractivity contribution >= 4 is 17.3 Å². The van der Waals surface area contributed by atoms with Crippen LogP contribution in [0.15, 0.2) is 53.7 Å². The summed E-state index contributed by atoms with van der Waals surface area (Å²) in [6, 6.07) is 11.3. The van der Waals surface area contributed by atoms with Crippen molar-refractivity contribution in [3.8, 4) is 6.07 Å². The first kappa shape index (κ1) is 13.7. The molecule has 2 nitrogen and oxygen atoms in total. The predicted molar refractivity (Wildman–Crippen MR) is 78.0 cm³/mol. The van der Waals surface area contributed by atoms with Gasteiger partial charge in [-0.05, 0) is 29.8 Å². The van der Waals surface area contributed by atoms with Gasteiger partial charge < -0.3 is 4.40 Å². The number of hydrogen-bond acceptors (Lipinski definition) is 2. The molecule has 2 aromatic heterocycles. The molecule has 21 heavy (non-hydrogen) atoms. The number of thioether (sulfide) groups is 1. The zero-order valence-electron chi connectivity index (χ0n) is 10.9. The summed E-state index contributed by atoms with van der Waals surface area (Å²) in [6.07, 6.45) is 3.73. The van der Waals surface area contributed by atoms with E-state index in [1.807, 2.05) is 35.0 Å². The van der Waals surface area contributed by atoms with E-state index in [4.69, 9.17) is 0 Å². The van der Waals surface area contributed by atoms with Crippen molar-refractivity contribution in [3.05, 3.63) is 71.6 Å². The summed E-state index contributed by atoms with van der Waals surface area (Å²) in [5.41, 5.74) is 2.25. The number of rotatable bonds is 3. The number of hydrogen-bond donors (Lipinski definition) is 0.